The molecule has 0 atom stereocenters. The summed E-state index contributed by atoms with van der Waals surface area (Å²) in [4.78, 5) is 4.90. The van der Waals surface area contributed by atoms with Gasteiger partial charge in [-0.1, -0.05) is 152 Å². The van der Waals surface area contributed by atoms with Crippen LogP contribution in [0.4, 0.5) is 34.1 Å². The van der Waals surface area contributed by atoms with Crippen LogP contribution in [0.25, 0.3) is 44.4 Å². The van der Waals surface area contributed by atoms with Gasteiger partial charge in [0.25, 0.3) is 0 Å². The second-order valence-electron chi connectivity index (χ2n) is 14.1. The average Bonchev–Trinajstić information content (AvgIpc) is 3.60. The monoisotopic (exact) mass is 687 g/mol. The van der Waals surface area contributed by atoms with Crippen LogP contribution in [0.2, 0.25) is 0 Å². The Balaban J connectivity index is 1.34. The molecule has 11 rings (SSSR count). The maximum Gasteiger partial charge on any atom is 0.333 e. The van der Waals surface area contributed by atoms with E-state index in [1.807, 2.05) is 0 Å². The fourth-order valence-electron chi connectivity index (χ4n) is 9.04. The number of benzene rings is 8. The molecule has 0 aliphatic carbocycles. The Morgan fingerprint density at radius 3 is 1.65 bits per heavy atom. The minimum atomic E-state index is -0.0628. The molecule has 2 aliphatic rings. The normalized spacial score (nSPS) is 12.4. The van der Waals surface area contributed by atoms with Gasteiger partial charge in [-0.15, -0.1) is 0 Å². The zero-order chi connectivity index (χ0) is 35.6. The summed E-state index contributed by atoms with van der Waals surface area (Å²) in [6.45, 7) is -0.0628. The van der Waals surface area contributed by atoms with Crippen LogP contribution < -0.4 is 20.7 Å². The minimum absolute atomic E-state index is 0.0628. The van der Waals surface area contributed by atoms with Crippen LogP contribution in [0, 0.1) is 0 Å². The summed E-state index contributed by atoms with van der Waals surface area (Å²) < 4.78 is 2.69. The molecule has 0 saturated heterocycles. The number of hydrogen-bond donors (Lipinski definition) is 0. The van der Waals surface area contributed by atoms with E-state index in [4.69, 9.17) is 0 Å². The van der Waals surface area contributed by atoms with E-state index in [2.05, 4.69) is 221 Å². The topological polar surface area (TPSA) is 11.4 Å². The lowest BCUT2D eigenvalue weighted by Gasteiger charge is -2.41. The maximum absolute atomic E-state index is 2.69. The number of aromatic nitrogens is 1. The van der Waals surface area contributed by atoms with Crippen molar-refractivity contribution >= 4 is 62.8 Å². The average molecular weight is 688 g/mol. The first-order valence-corrected chi connectivity index (χ1v) is 18.7. The fraction of sp³-hybridized carbons (Fsp3) is 0. The van der Waals surface area contributed by atoms with Crippen molar-refractivity contribution in [2.75, 3.05) is 9.80 Å². The van der Waals surface area contributed by atoms with E-state index in [0.717, 1.165) is 22.7 Å². The predicted octanol–water partition coefficient (Wildman–Crippen LogP) is 11.9. The molecule has 0 bridgehead atoms. The molecular weight excluding hydrogens is 653 g/mol. The maximum atomic E-state index is 2.69. The van der Waals surface area contributed by atoms with Gasteiger partial charge >= 0.3 is 6.85 Å². The van der Waals surface area contributed by atoms with Crippen LogP contribution in [-0.4, -0.2) is 11.3 Å². The van der Waals surface area contributed by atoms with E-state index in [-0.39, 0.29) is 6.85 Å². The summed E-state index contributed by atoms with van der Waals surface area (Å²) in [6, 6.07) is 75.0. The highest BCUT2D eigenvalue weighted by atomic mass is 15.2. The smallest absolute Gasteiger partial charge is 0.333 e. The summed E-state index contributed by atoms with van der Waals surface area (Å²) >= 11 is 0. The van der Waals surface area contributed by atoms with E-state index in [0.29, 0.717) is 0 Å². The minimum Gasteiger partial charge on any atom is -0.375 e. The zero-order valence-corrected chi connectivity index (χ0v) is 29.5. The second-order valence-corrected chi connectivity index (χ2v) is 14.1. The standard InChI is InChI=1S/C50H34BN3/c1-6-19-35(20-7-1)46-41-33-34-44(52(37-23-10-3-11-24-37)38-25-12-4-13-26-38)47-40-29-18-32-45-48(40)51(54(50(41)47)49(46)36-21-8-2-9-22-36)42-30-16-17-31-43(42)53(45)39-27-14-5-15-28-39/h1-34H. The van der Waals surface area contributed by atoms with Crippen LogP contribution in [-0.2, 0) is 0 Å². The number of hydrogen-bond acceptors (Lipinski definition) is 2. The van der Waals surface area contributed by atoms with Gasteiger partial charge in [-0.05, 0) is 82.2 Å². The van der Waals surface area contributed by atoms with E-state index in [1.54, 1.807) is 0 Å². The van der Waals surface area contributed by atoms with Crippen molar-refractivity contribution in [3.05, 3.63) is 206 Å². The van der Waals surface area contributed by atoms with Gasteiger partial charge in [0.1, 0.15) is 0 Å². The first-order chi connectivity index (χ1) is 26.9. The molecule has 0 saturated carbocycles. The van der Waals surface area contributed by atoms with Gasteiger partial charge in [0.2, 0.25) is 0 Å². The van der Waals surface area contributed by atoms with Gasteiger partial charge in [-0.2, -0.15) is 0 Å². The number of anilines is 6. The predicted molar refractivity (Wildman–Crippen MR) is 228 cm³/mol. The molecule has 0 radical (unpaired) electrons. The lowest BCUT2D eigenvalue weighted by atomic mass is 9.45. The van der Waals surface area contributed by atoms with Crippen molar-refractivity contribution in [2.24, 2.45) is 0 Å². The summed E-state index contributed by atoms with van der Waals surface area (Å²) in [5, 5.41) is 1.25. The third-order valence-corrected chi connectivity index (χ3v) is 11.1. The highest BCUT2D eigenvalue weighted by Gasteiger charge is 2.44. The van der Waals surface area contributed by atoms with Gasteiger partial charge in [-0.25, -0.2) is 0 Å². The molecule has 9 aromatic rings. The van der Waals surface area contributed by atoms with Crippen LogP contribution in [0.3, 0.4) is 0 Å². The van der Waals surface area contributed by atoms with Crippen LogP contribution in [0.5, 0.6) is 0 Å². The number of para-hydroxylation sites is 4. The van der Waals surface area contributed by atoms with E-state index in [1.165, 1.54) is 66.7 Å². The van der Waals surface area contributed by atoms with Gasteiger partial charge in [0.15, 0.2) is 0 Å². The summed E-state index contributed by atoms with van der Waals surface area (Å²) in [7, 11) is 0. The van der Waals surface area contributed by atoms with Crippen LogP contribution in [0.15, 0.2) is 206 Å². The largest absolute Gasteiger partial charge is 0.375 e. The Bertz CT molecular complexity index is 2780. The molecule has 3 heterocycles. The molecule has 1 aromatic heterocycles. The fourth-order valence-corrected chi connectivity index (χ4v) is 9.04. The van der Waals surface area contributed by atoms with Crippen molar-refractivity contribution in [2.45, 2.75) is 0 Å². The molecule has 0 amide bonds. The van der Waals surface area contributed by atoms with Gasteiger partial charge in [0, 0.05) is 56.2 Å². The summed E-state index contributed by atoms with van der Waals surface area (Å²) in [6.07, 6.45) is 0. The Morgan fingerprint density at radius 1 is 0.426 bits per heavy atom. The van der Waals surface area contributed by atoms with Crippen molar-refractivity contribution in [1.29, 1.82) is 0 Å². The summed E-state index contributed by atoms with van der Waals surface area (Å²) in [5.41, 5.74) is 18.2. The molecule has 8 aromatic carbocycles. The SMILES string of the molecule is c1ccc(-c2c(-c3ccccc3)n3c4c(c(N(c5ccccc5)c5ccccc5)ccc24)-c2cccc4c2B3c2ccccc2N4c2ccccc2)cc1. The van der Waals surface area contributed by atoms with E-state index >= 15 is 0 Å². The zero-order valence-electron chi connectivity index (χ0n) is 29.5. The molecular formula is C50H34BN3. The summed E-state index contributed by atoms with van der Waals surface area (Å²) in [5.74, 6) is 0. The second kappa shape index (κ2) is 12.3. The molecule has 2 aliphatic heterocycles. The van der Waals surface area contributed by atoms with Crippen molar-refractivity contribution < 1.29 is 0 Å². The molecule has 4 heteroatoms. The molecule has 3 nitrogen and oxygen atoms in total. The van der Waals surface area contributed by atoms with Gasteiger partial charge < -0.3 is 14.3 Å². The lowest BCUT2D eigenvalue weighted by molar-refractivity contribution is 1.22. The molecule has 0 N–H and O–H groups in total. The number of rotatable bonds is 6. The molecule has 0 spiro atoms. The Labute approximate surface area is 315 Å². The van der Waals surface area contributed by atoms with Gasteiger partial charge in [-0.3, -0.25) is 0 Å². The third kappa shape index (κ3) is 4.50. The Hall–Kier alpha value is -7.04. The number of fused-ring (bicyclic) bond motifs is 4. The van der Waals surface area contributed by atoms with Crippen molar-refractivity contribution in [1.82, 2.24) is 4.48 Å². The first kappa shape index (κ1) is 30.6. The molecule has 54 heavy (non-hydrogen) atoms. The lowest BCUT2D eigenvalue weighted by Crippen LogP contribution is -2.56. The Kier molecular flexibility index (Phi) is 6.96. The molecule has 0 fully saturated rings. The van der Waals surface area contributed by atoms with Gasteiger partial charge in [0.05, 0.1) is 5.69 Å². The quantitative estimate of drug-likeness (QED) is 0.161. The van der Waals surface area contributed by atoms with Crippen LogP contribution >= 0.6 is 0 Å². The Morgan fingerprint density at radius 2 is 0.981 bits per heavy atom. The highest BCUT2D eigenvalue weighted by Crippen LogP contribution is 2.53. The molecule has 252 valence electrons. The van der Waals surface area contributed by atoms with Crippen LogP contribution in [0.1, 0.15) is 0 Å². The highest BCUT2D eigenvalue weighted by molar-refractivity contribution is 6.90. The third-order valence-electron chi connectivity index (χ3n) is 11.1. The number of nitrogens with zero attached hydrogens (tertiary/aromatic N) is 3. The molecule has 0 unspecified atom stereocenters. The van der Waals surface area contributed by atoms with Crippen molar-refractivity contribution in [3.8, 4) is 33.5 Å². The van der Waals surface area contributed by atoms with E-state index < -0.39 is 0 Å². The van der Waals surface area contributed by atoms with E-state index in [9.17, 15) is 0 Å². The van der Waals surface area contributed by atoms with Crippen molar-refractivity contribution in [3.63, 3.8) is 0 Å². The first-order valence-electron chi connectivity index (χ1n) is 18.7.